The summed E-state index contributed by atoms with van der Waals surface area (Å²) >= 11 is 0. The maximum absolute atomic E-state index is 13.2. The molecule has 2 aromatic rings. The smallest absolute Gasteiger partial charge is 0.269 e. The van der Waals surface area contributed by atoms with Gasteiger partial charge in [0.15, 0.2) is 9.84 Å². The molecule has 2 fully saturated rings. The highest BCUT2D eigenvalue weighted by molar-refractivity contribution is 7.91. The molecule has 1 aromatic heterocycles. The van der Waals surface area contributed by atoms with Crippen molar-refractivity contribution in [1.82, 2.24) is 14.5 Å². The highest BCUT2D eigenvalue weighted by Gasteiger charge is 2.36. The Bertz CT molecular complexity index is 1040. The fourth-order valence-electron chi connectivity index (χ4n) is 3.99. The summed E-state index contributed by atoms with van der Waals surface area (Å²) in [5.74, 6) is -0.209. The number of carbonyl (C=O) groups is 1. The van der Waals surface area contributed by atoms with Crippen LogP contribution in [0.5, 0.6) is 0 Å². The molecule has 2 saturated heterocycles. The summed E-state index contributed by atoms with van der Waals surface area (Å²) in [7, 11) is -3.14. The van der Waals surface area contributed by atoms with Gasteiger partial charge in [-0.2, -0.15) is 0 Å². The molecule has 0 saturated carbocycles. The van der Waals surface area contributed by atoms with Crippen LogP contribution >= 0.6 is 0 Å². The fourth-order valence-corrected chi connectivity index (χ4v) is 5.72. The first-order valence-electron chi connectivity index (χ1n) is 9.49. The molecular weight excluding hydrogens is 382 g/mol. The number of sulfone groups is 1. The summed E-state index contributed by atoms with van der Waals surface area (Å²) < 4.78 is 31.0. The summed E-state index contributed by atoms with van der Waals surface area (Å²) in [5.41, 5.74) is 0.853. The van der Waals surface area contributed by atoms with E-state index in [1.807, 2.05) is 6.07 Å². The molecule has 0 bridgehead atoms. The third kappa shape index (κ3) is 3.95. The van der Waals surface area contributed by atoms with E-state index in [0.717, 1.165) is 12.8 Å². The van der Waals surface area contributed by atoms with E-state index in [4.69, 9.17) is 4.74 Å². The Kier molecular flexibility index (Phi) is 5.20. The maximum atomic E-state index is 13.2. The lowest BCUT2D eigenvalue weighted by molar-refractivity contribution is -0.135. The van der Waals surface area contributed by atoms with Gasteiger partial charge >= 0.3 is 0 Å². The first-order valence-corrected chi connectivity index (χ1v) is 11.3. The molecular formula is C19H23N3O5S. The molecule has 3 heterocycles. The van der Waals surface area contributed by atoms with E-state index < -0.39 is 9.84 Å². The number of amides is 1. The van der Waals surface area contributed by atoms with Gasteiger partial charge in [-0.1, -0.05) is 12.1 Å². The Morgan fingerprint density at radius 2 is 2.11 bits per heavy atom. The molecule has 2 aliphatic heterocycles. The Hall–Kier alpha value is -2.26. The van der Waals surface area contributed by atoms with E-state index in [-0.39, 0.29) is 41.7 Å². The third-order valence-electron chi connectivity index (χ3n) is 5.44. The van der Waals surface area contributed by atoms with Crippen molar-refractivity contribution < 1.29 is 17.9 Å². The van der Waals surface area contributed by atoms with Crippen LogP contribution in [0.1, 0.15) is 19.3 Å². The van der Waals surface area contributed by atoms with Crippen molar-refractivity contribution in [3.63, 3.8) is 0 Å². The van der Waals surface area contributed by atoms with E-state index in [9.17, 15) is 18.0 Å². The van der Waals surface area contributed by atoms with Crippen molar-refractivity contribution in [2.24, 2.45) is 0 Å². The number of hydrogen-bond donors (Lipinski definition) is 0. The van der Waals surface area contributed by atoms with Gasteiger partial charge in [0.1, 0.15) is 6.54 Å². The zero-order chi connectivity index (χ0) is 19.7. The minimum absolute atomic E-state index is 0.0303. The van der Waals surface area contributed by atoms with Crippen LogP contribution in [-0.4, -0.2) is 65.6 Å². The minimum atomic E-state index is -3.14. The van der Waals surface area contributed by atoms with Crippen molar-refractivity contribution in [2.45, 2.75) is 38.0 Å². The number of rotatable bonds is 5. The topological polar surface area (TPSA) is 98.6 Å². The highest BCUT2D eigenvalue weighted by Crippen LogP contribution is 2.22. The SMILES string of the molecule is O=C(Cn1c(=O)cnc2ccccc21)N(C[C@H]1CCCO1)[C@@H]1CCS(=O)(=O)C1. The van der Waals surface area contributed by atoms with E-state index >= 15 is 0 Å². The minimum Gasteiger partial charge on any atom is -0.376 e. The molecule has 28 heavy (non-hydrogen) atoms. The van der Waals surface area contributed by atoms with Gasteiger partial charge in [0.2, 0.25) is 5.91 Å². The number of aromatic nitrogens is 2. The highest BCUT2D eigenvalue weighted by atomic mass is 32.2. The Morgan fingerprint density at radius 3 is 2.82 bits per heavy atom. The molecule has 1 aromatic carbocycles. The summed E-state index contributed by atoms with van der Waals surface area (Å²) in [5, 5.41) is 0. The normalized spacial score (nSPS) is 23.9. The molecule has 2 aliphatic rings. The molecule has 150 valence electrons. The van der Waals surface area contributed by atoms with Crippen molar-refractivity contribution >= 4 is 26.8 Å². The van der Waals surface area contributed by atoms with Crippen molar-refractivity contribution in [3.8, 4) is 0 Å². The van der Waals surface area contributed by atoms with Gasteiger partial charge in [0.25, 0.3) is 5.56 Å². The largest absolute Gasteiger partial charge is 0.376 e. The van der Waals surface area contributed by atoms with Crippen LogP contribution in [0.2, 0.25) is 0 Å². The van der Waals surface area contributed by atoms with E-state index in [0.29, 0.717) is 30.6 Å². The number of benzene rings is 1. The molecule has 0 aliphatic carbocycles. The second-order valence-electron chi connectivity index (χ2n) is 7.41. The predicted molar refractivity (Wildman–Crippen MR) is 104 cm³/mol. The molecule has 4 rings (SSSR count). The van der Waals surface area contributed by atoms with Gasteiger partial charge in [0.05, 0.1) is 34.8 Å². The summed E-state index contributed by atoms with van der Waals surface area (Å²) in [6, 6.07) is 6.77. The molecule has 1 amide bonds. The molecule has 0 N–H and O–H groups in total. The van der Waals surface area contributed by atoms with Gasteiger partial charge in [0, 0.05) is 19.2 Å². The van der Waals surface area contributed by atoms with Crippen LogP contribution in [0, 0.1) is 0 Å². The van der Waals surface area contributed by atoms with Crippen molar-refractivity contribution in [2.75, 3.05) is 24.7 Å². The molecule has 2 atom stereocenters. The van der Waals surface area contributed by atoms with E-state index in [2.05, 4.69) is 4.98 Å². The van der Waals surface area contributed by atoms with Crippen LogP contribution < -0.4 is 5.56 Å². The average molecular weight is 405 g/mol. The zero-order valence-corrected chi connectivity index (χ0v) is 16.3. The van der Waals surface area contributed by atoms with E-state index in [1.54, 1.807) is 23.1 Å². The first-order chi connectivity index (χ1) is 13.4. The van der Waals surface area contributed by atoms with Gasteiger partial charge in [-0.05, 0) is 31.4 Å². The first kappa shape index (κ1) is 19.1. The molecule has 9 heteroatoms. The van der Waals surface area contributed by atoms with Crippen LogP contribution in [0.3, 0.4) is 0 Å². The predicted octanol–water partition coefficient (Wildman–Crippen LogP) is 0.591. The van der Waals surface area contributed by atoms with Crippen molar-refractivity contribution in [3.05, 3.63) is 40.8 Å². The van der Waals surface area contributed by atoms with Gasteiger partial charge < -0.3 is 9.64 Å². The lowest BCUT2D eigenvalue weighted by Gasteiger charge is -2.31. The molecule has 8 nitrogen and oxygen atoms in total. The second kappa shape index (κ2) is 7.63. The van der Waals surface area contributed by atoms with Crippen LogP contribution in [-0.2, 0) is 25.9 Å². The summed E-state index contributed by atoms with van der Waals surface area (Å²) in [6.07, 6.45) is 3.33. The number of ether oxygens (including phenoxy) is 1. The average Bonchev–Trinajstić information content (AvgIpc) is 3.31. The van der Waals surface area contributed by atoms with E-state index in [1.165, 1.54) is 10.8 Å². The number of fused-ring (bicyclic) bond motifs is 1. The number of hydrogen-bond acceptors (Lipinski definition) is 6. The van der Waals surface area contributed by atoms with Gasteiger partial charge in [-0.3, -0.25) is 14.2 Å². The lowest BCUT2D eigenvalue weighted by Crippen LogP contribution is -2.47. The lowest BCUT2D eigenvalue weighted by atomic mass is 10.1. The van der Waals surface area contributed by atoms with Gasteiger partial charge in [-0.25, -0.2) is 13.4 Å². The fraction of sp³-hybridized carbons (Fsp3) is 0.526. The van der Waals surface area contributed by atoms with Crippen LogP contribution in [0.25, 0.3) is 11.0 Å². The van der Waals surface area contributed by atoms with Crippen LogP contribution in [0.15, 0.2) is 35.3 Å². The zero-order valence-electron chi connectivity index (χ0n) is 15.5. The Morgan fingerprint density at radius 1 is 1.29 bits per heavy atom. The molecule has 0 spiro atoms. The second-order valence-corrected chi connectivity index (χ2v) is 9.64. The monoisotopic (exact) mass is 405 g/mol. The van der Waals surface area contributed by atoms with Crippen LogP contribution in [0.4, 0.5) is 0 Å². The quantitative estimate of drug-likeness (QED) is 0.722. The Labute approximate surface area is 163 Å². The molecule has 0 radical (unpaired) electrons. The maximum Gasteiger partial charge on any atom is 0.269 e. The van der Waals surface area contributed by atoms with Crippen molar-refractivity contribution in [1.29, 1.82) is 0 Å². The summed E-state index contributed by atoms with van der Waals surface area (Å²) in [6.45, 7) is 0.867. The number of nitrogens with zero attached hydrogens (tertiary/aromatic N) is 3. The van der Waals surface area contributed by atoms with Gasteiger partial charge in [-0.15, -0.1) is 0 Å². The standard InChI is InChI=1S/C19H23N3O5S/c23-18-10-20-16-5-1-2-6-17(16)22(18)12-19(24)21(11-15-4-3-8-27-15)14-7-9-28(25,26)13-14/h1-2,5-6,10,14-15H,3-4,7-9,11-13H2/t14-,15-/m1/s1. The Balaban J connectivity index is 1.62. The summed E-state index contributed by atoms with van der Waals surface area (Å²) in [4.78, 5) is 31.3. The number of carbonyl (C=O) groups excluding carboxylic acids is 1. The third-order valence-corrected chi connectivity index (χ3v) is 7.19. The molecule has 0 unspecified atom stereocenters. The number of para-hydroxylation sites is 2.